The zero-order chi connectivity index (χ0) is 29.0. The van der Waals surface area contributed by atoms with E-state index in [9.17, 15) is 14.7 Å². The number of likely N-dealkylation sites (tertiary alicyclic amines) is 1. The number of rotatable bonds is 12. The number of nitrogens with zero attached hydrogens (tertiary/aromatic N) is 4. The van der Waals surface area contributed by atoms with Crippen LogP contribution in [0.15, 0.2) is 48.2 Å². The van der Waals surface area contributed by atoms with Crippen molar-refractivity contribution in [3.05, 3.63) is 70.7 Å². The minimum atomic E-state index is -0.740. The van der Waals surface area contributed by atoms with E-state index in [0.29, 0.717) is 48.3 Å². The molecular weight excluding hydrogens is 504 g/mol. The van der Waals surface area contributed by atoms with E-state index in [4.69, 9.17) is 9.72 Å². The number of Topliss-reactive ketones (excluding diaryl/α,β-unsaturated/α-hetero) is 1. The number of hydrogen-bond donors (Lipinski definition) is 1. The lowest BCUT2D eigenvalue weighted by Gasteiger charge is -2.27. The fourth-order valence-electron chi connectivity index (χ4n) is 5.32. The van der Waals surface area contributed by atoms with Gasteiger partial charge in [-0.2, -0.15) is 0 Å². The maximum atomic E-state index is 13.6. The lowest BCUT2D eigenvalue weighted by molar-refractivity contribution is -0.140. The number of carbonyl (C=O) groups is 2. The Morgan fingerprint density at radius 2 is 1.88 bits per heavy atom. The molecule has 1 N–H and O–H groups in total. The van der Waals surface area contributed by atoms with Crippen molar-refractivity contribution >= 4 is 23.1 Å². The van der Waals surface area contributed by atoms with Gasteiger partial charge in [-0.25, -0.2) is 4.98 Å². The summed E-state index contributed by atoms with van der Waals surface area (Å²) in [5.74, 6) is -0.356. The van der Waals surface area contributed by atoms with Crippen molar-refractivity contribution in [3.8, 4) is 5.75 Å². The van der Waals surface area contributed by atoms with Crippen LogP contribution in [0.5, 0.6) is 5.75 Å². The Bertz CT molecular complexity index is 1400. The second-order valence-electron chi connectivity index (χ2n) is 10.9. The molecule has 1 aliphatic rings. The number of aliphatic hydroxyl groups is 1. The maximum absolute atomic E-state index is 13.6. The Labute approximate surface area is 237 Å². The van der Waals surface area contributed by atoms with Crippen LogP contribution >= 0.6 is 0 Å². The summed E-state index contributed by atoms with van der Waals surface area (Å²) in [5, 5.41) is 11.7. The number of aromatic nitrogens is 2. The molecule has 1 unspecified atom stereocenters. The van der Waals surface area contributed by atoms with Crippen LogP contribution in [0.25, 0.3) is 11.4 Å². The number of pyridine rings is 1. The minimum Gasteiger partial charge on any atom is -0.505 e. The maximum Gasteiger partial charge on any atom is 0.295 e. The highest BCUT2D eigenvalue weighted by Crippen LogP contribution is 2.40. The van der Waals surface area contributed by atoms with E-state index in [1.54, 1.807) is 4.90 Å². The highest BCUT2D eigenvalue weighted by Gasteiger charge is 2.46. The molecular formula is C32H42N4O4. The van der Waals surface area contributed by atoms with E-state index in [1.165, 1.54) is 0 Å². The first kappa shape index (κ1) is 29.3. The Balaban J connectivity index is 1.78. The van der Waals surface area contributed by atoms with Crippen molar-refractivity contribution in [1.82, 2.24) is 19.2 Å². The molecule has 1 aromatic carbocycles. The smallest absolute Gasteiger partial charge is 0.295 e. The molecule has 2 aromatic heterocycles. The van der Waals surface area contributed by atoms with Gasteiger partial charge in [-0.15, -0.1) is 0 Å². The van der Waals surface area contributed by atoms with Gasteiger partial charge >= 0.3 is 0 Å². The van der Waals surface area contributed by atoms with Crippen LogP contribution in [-0.2, 0) is 9.59 Å². The number of imidazole rings is 1. The van der Waals surface area contributed by atoms with E-state index in [2.05, 4.69) is 32.6 Å². The molecule has 0 saturated carbocycles. The molecule has 1 atom stereocenters. The molecule has 8 nitrogen and oxygen atoms in total. The predicted octanol–water partition coefficient (Wildman–Crippen LogP) is 5.53. The number of ketones is 1. The van der Waals surface area contributed by atoms with Crippen LogP contribution in [0.1, 0.15) is 69.1 Å². The van der Waals surface area contributed by atoms with E-state index >= 15 is 0 Å². The third-order valence-corrected chi connectivity index (χ3v) is 7.75. The number of aryl methyl sites for hydroxylation is 2. The molecule has 0 spiro atoms. The summed E-state index contributed by atoms with van der Waals surface area (Å²) in [4.78, 5) is 35.6. The van der Waals surface area contributed by atoms with Gasteiger partial charge in [0.05, 0.1) is 23.9 Å². The van der Waals surface area contributed by atoms with Crippen LogP contribution in [-0.4, -0.2) is 68.8 Å². The summed E-state index contributed by atoms with van der Waals surface area (Å²) in [6.07, 6.45) is 3.51. The largest absolute Gasteiger partial charge is 0.505 e. The highest BCUT2D eigenvalue weighted by molar-refractivity contribution is 6.46. The second-order valence-corrected chi connectivity index (χ2v) is 10.9. The molecule has 0 aliphatic carbocycles. The van der Waals surface area contributed by atoms with Gasteiger partial charge in [-0.1, -0.05) is 45.9 Å². The zero-order valence-electron chi connectivity index (χ0n) is 24.6. The Morgan fingerprint density at radius 3 is 2.55 bits per heavy atom. The SMILES string of the molecule is CCN(CC)CCCN1C(=O)C(=O)C(=C(O)c2nc3c(C)cccn3c2C)C1c1cccc(OCCC(C)C)c1. The quantitative estimate of drug-likeness (QED) is 0.183. The van der Waals surface area contributed by atoms with E-state index < -0.39 is 17.7 Å². The fraction of sp³-hybridized carbons (Fsp3) is 0.469. The van der Waals surface area contributed by atoms with Crippen molar-refractivity contribution in [2.75, 3.05) is 32.8 Å². The first-order chi connectivity index (χ1) is 19.2. The lowest BCUT2D eigenvalue weighted by atomic mass is 9.96. The molecule has 1 fully saturated rings. The van der Waals surface area contributed by atoms with Gasteiger partial charge in [0.15, 0.2) is 5.76 Å². The van der Waals surface area contributed by atoms with Gasteiger partial charge in [0.1, 0.15) is 17.1 Å². The van der Waals surface area contributed by atoms with Gasteiger partial charge in [0.25, 0.3) is 11.7 Å². The first-order valence-electron chi connectivity index (χ1n) is 14.4. The van der Waals surface area contributed by atoms with Gasteiger partial charge in [-0.05, 0) is 81.6 Å². The number of hydrogen-bond acceptors (Lipinski definition) is 6. The van der Waals surface area contributed by atoms with Crippen LogP contribution < -0.4 is 4.74 Å². The molecule has 214 valence electrons. The van der Waals surface area contributed by atoms with E-state index in [1.807, 2.05) is 60.8 Å². The van der Waals surface area contributed by atoms with E-state index in [-0.39, 0.29) is 11.3 Å². The fourth-order valence-corrected chi connectivity index (χ4v) is 5.32. The van der Waals surface area contributed by atoms with Crippen molar-refractivity contribution in [2.45, 2.75) is 60.4 Å². The molecule has 1 saturated heterocycles. The van der Waals surface area contributed by atoms with Crippen molar-refractivity contribution < 1.29 is 19.4 Å². The van der Waals surface area contributed by atoms with Gasteiger partial charge in [-0.3, -0.25) is 9.59 Å². The average Bonchev–Trinajstić information content (AvgIpc) is 3.41. The topological polar surface area (TPSA) is 87.4 Å². The molecule has 3 aromatic rings. The standard InChI is InChI=1S/C32H42N4O4/c1-7-34(8-2)16-11-18-36-28(24-13-9-14-25(20-24)40-19-15-21(3)4)26(30(38)32(36)39)29(37)27-23(6)35-17-10-12-22(5)31(35)33-27/h9-10,12-14,17,20-21,28,37H,7-8,11,15-16,18-19H2,1-6H3. The third-order valence-electron chi connectivity index (χ3n) is 7.75. The van der Waals surface area contributed by atoms with E-state index in [0.717, 1.165) is 37.2 Å². The molecule has 3 heterocycles. The zero-order valence-corrected chi connectivity index (χ0v) is 24.6. The molecule has 1 amide bonds. The van der Waals surface area contributed by atoms with Crippen LogP contribution in [0.2, 0.25) is 0 Å². The number of ether oxygens (including phenoxy) is 1. The summed E-state index contributed by atoms with van der Waals surface area (Å²) in [6.45, 7) is 15.9. The summed E-state index contributed by atoms with van der Waals surface area (Å²) in [6, 6.07) is 10.6. The van der Waals surface area contributed by atoms with Crippen LogP contribution in [0.4, 0.5) is 0 Å². The molecule has 1 aliphatic heterocycles. The third kappa shape index (κ3) is 5.92. The van der Waals surface area contributed by atoms with Gasteiger partial charge in [0, 0.05) is 12.7 Å². The minimum absolute atomic E-state index is 0.0660. The second kappa shape index (κ2) is 12.7. The summed E-state index contributed by atoms with van der Waals surface area (Å²) < 4.78 is 7.90. The molecule has 0 bridgehead atoms. The highest BCUT2D eigenvalue weighted by atomic mass is 16.5. The number of carbonyl (C=O) groups excluding carboxylic acids is 2. The molecule has 8 heteroatoms. The van der Waals surface area contributed by atoms with Crippen molar-refractivity contribution in [3.63, 3.8) is 0 Å². The first-order valence-corrected chi connectivity index (χ1v) is 14.4. The summed E-state index contributed by atoms with van der Waals surface area (Å²) in [7, 11) is 0. The number of benzene rings is 1. The van der Waals surface area contributed by atoms with Crippen LogP contribution in [0.3, 0.4) is 0 Å². The average molecular weight is 547 g/mol. The van der Waals surface area contributed by atoms with Gasteiger partial charge < -0.3 is 24.0 Å². The normalized spacial score (nSPS) is 17.1. The Hall–Kier alpha value is -3.65. The number of amides is 1. The number of aliphatic hydroxyl groups excluding tert-OH is 1. The van der Waals surface area contributed by atoms with Crippen molar-refractivity contribution in [2.24, 2.45) is 5.92 Å². The predicted molar refractivity (Wildman–Crippen MR) is 157 cm³/mol. The Morgan fingerprint density at radius 1 is 1.12 bits per heavy atom. The molecule has 40 heavy (non-hydrogen) atoms. The summed E-state index contributed by atoms with van der Waals surface area (Å²) >= 11 is 0. The summed E-state index contributed by atoms with van der Waals surface area (Å²) in [5.41, 5.74) is 3.45. The van der Waals surface area contributed by atoms with Crippen molar-refractivity contribution in [1.29, 1.82) is 0 Å². The van der Waals surface area contributed by atoms with Crippen LogP contribution in [0, 0.1) is 19.8 Å². The lowest BCUT2D eigenvalue weighted by Crippen LogP contribution is -2.33. The molecule has 4 rings (SSSR count). The monoisotopic (exact) mass is 546 g/mol. The Kier molecular flexibility index (Phi) is 9.30. The number of fused-ring (bicyclic) bond motifs is 1. The molecule has 0 radical (unpaired) electrons. The van der Waals surface area contributed by atoms with Gasteiger partial charge in [0.2, 0.25) is 0 Å².